The van der Waals surface area contributed by atoms with E-state index in [9.17, 15) is 13.2 Å². The van der Waals surface area contributed by atoms with E-state index < -0.39 is 11.7 Å². The molecule has 108 valence electrons. The van der Waals surface area contributed by atoms with Crippen molar-refractivity contribution in [3.63, 3.8) is 0 Å². The van der Waals surface area contributed by atoms with Crippen molar-refractivity contribution in [2.45, 2.75) is 31.5 Å². The van der Waals surface area contributed by atoms with Gasteiger partial charge in [0.2, 0.25) is 0 Å². The standard InChI is InChI=1S/C14H16F3N3/c15-14(16,17)12-5-4-11(6-10(12)8-19)20-13-3-1-2-9(13)7-18/h4-6,9,13,20H,1-3,7,18H2. The zero-order valence-corrected chi connectivity index (χ0v) is 10.9. The maximum absolute atomic E-state index is 12.7. The molecule has 0 saturated heterocycles. The molecule has 1 saturated carbocycles. The van der Waals surface area contributed by atoms with Gasteiger partial charge in [0, 0.05) is 11.7 Å². The molecule has 1 aromatic carbocycles. The van der Waals surface area contributed by atoms with Crippen LogP contribution in [0.4, 0.5) is 18.9 Å². The first-order chi connectivity index (χ1) is 9.45. The number of nitrogens with one attached hydrogen (secondary N) is 1. The maximum Gasteiger partial charge on any atom is 0.417 e. The second-order valence-corrected chi connectivity index (χ2v) is 5.05. The van der Waals surface area contributed by atoms with E-state index in [-0.39, 0.29) is 11.6 Å². The maximum atomic E-state index is 12.7. The van der Waals surface area contributed by atoms with E-state index in [0.717, 1.165) is 25.3 Å². The molecule has 0 radical (unpaired) electrons. The Bertz CT molecular complexity index is 519. The lowest BCUT2D eigenvalue weighted by atomic mass is 10.0. The van der Waals surface area contributed by atoms with Gasteiger partial charge in [-0.25, -0.2) is 0 Å². The second-order valence-electron chi connectivity index (χ2n) is 5.05. The molecule has 0 aliphatic heterocycles. The minimum atomic E-state index is -4.50. The predicted octanol–water partition coefficient (Wildman–Crippen LogP) is 3.12. The van der Waals surface area contributed by atoms with Crippen LogP contribution in [-0.2, 0) is 6.18 Å². The molecule has 2 unspecified atom stereocenters. The van der Waals surface area contributed by atoms with E-state index in [0.29, 0.717) is 18.2 Å². The molecular formula is C14H16F3N3. The normalized spacial score (nSPS) is 22.6. The molecule has 1 aromatic rings. The minimum Gasteiger partial charge on any atom is -0.382 e. The highest BCUT2D eigenvalue weighted by Crippen LogP contribution is 2.34. The van der Waals surface area contributed by atoms with Gasteiger partial charge in [0.25, 0.3) is 0 Å². The molecule has 3 N–H and O–H groups in total. The Balaban J connectivity index is 2.20. The van der Waals surface area contributed by atoms with Crippen LogP contribution in [0.25, 0.3) is 0 Å². The van der Waals surface area contributed by atoms with Crippen molar-refractivity contribution in [1.29, 1.82) is 5.26 Å². The van der Waals surface area contributed by atoms with Crippen LogP contribution in [0.2, 0.25) is 0 Å². The van der Waals surface area contributed by atoms with E-state index in [1.54, 1.807) is 6.07 Å². The monoisotopic (exact) mass is 283 g/mol. The number of anilines is 1. The van der Waals surface area contributed by atoms with Crippen molar-refractivity contribution in [2.24, 2.45) is 11.7 Å². The van der Waals surface area contributed by atoms with Crippen molar-refractivity contribution >= 4 is 5.69 Å². The number of alkyl halides is 3. The summed E-state index contributed by atoms with van der Waals surface area (Å²) in [5.74, 6) is 0.336. The number of hydrogen-bond acceptors (Lipinski definition) is 3. The Labute approximate surface area is 115 Å². The summed E-state index contributed by atoms with van der Waals surface area (Å²) in [6, 6.07) is 5.36. The van der Waals surface area contributed by atoms with Gasteiger partial charge in [-0.15, -0.1) is 0 Å². The molecule has 2 atom stereocenters. The minimum absolute atomic E-state index is 0.170. The number of rotatable bonds is 3. The molecule has 3 nitrogen and oxygen atoms in total. The number of benzene rings is 1. The van der Waals surface area contributed by atoms with Crippen LogP contribution < -0.4 is 11.1 Å². The summed E-state index contributed by atoms with van der Waals surface area (Å²) in [7, 11) is 0. The summed E-state index contributed by atoms with van der Waals surface area (Å²) in [5.41, 5.74) is 4.96. The van der Waals surface area contributed by atoms with Gasteiger partial charge in [-0.1, -0.05) is 6.42 Å². The molecule has 0 amide bonds. The van der Waals surface area contributed by atoms with Gasteiger partial charge < -0.3 is 11.1 Å². The zero-order valence-electron chi connectivity index (χ0n) is 10.9. The number of halogens is 3. The topological polar surface area (TPSA) is 61.8 Å². The second kappa shape index (κ2) is 5.71. The summed E-state index contributed by atoms with van der Waals surface area (Å²) in [4.78, 5) is 0. The van der Waals surface area contributed by atoms with Crippen LogP contribution in [0.3, 0.4) is 0 Å². The van der Waals surface area contributed by atoms with Crippen LogP contribution >= 0.6 is 0 Å². The van der Waals surface area contributed by atoms with Crippen LogP contribution in [0, 0.1) is 17.2 Å². The Hall–Kier alpha value is -1.74. The average Bonchev–Trinajstić information content (AvgIpc) is 2.84. The van der Waals surface area contributed by atoms with E-state index in [2.05, 4.69) is 5.32 Å². The van der Waals surface area contributed by atoms with E-state index >= 15 is 0 Å². The molecule has 20 heavy (non-hydrogen) atoms. The molecule has 0 heterocycles. The van der Waals surface area contributed by atoms with Gasteiger partial charge in [0.05, 0.1) is 17.2 Å². The smallest absolute Gasteiger partial charge is 0.382 e. The Morgan fingerprint density at radius 2 is 2.10 bits per heavy atom. The third-order valence-corrected chi connectivity index (χ3v) is 3.76. The van der Waals surface area contributed by atoms with Crippen molar-refractivity contribution < 1.29 is 13.2 Å². The quantitative estimate of drug-likeness (QED) is 0.896. The van der Waals surface area contributed by atoms with Crippen molar-refractivity contribution in [2.75, 3.05) is 11.9 Å². The fourth-order valence-corrected chi connectivity index (χ4v) is 2.70. The molecule has 0 spiro atoms. The molecule has 2 rings (SSSR count). The first kappa shape index (κ1) is 14.7. The summed E-state index contributed by atoms with van der Waals surface area (Å²) < 4.78 is 38.1. The van der Waals surface area contributed by atoms with Gasteiger partial charge in [-0.3, -0.25) is 0 Å². The Kier molecular flexibility index (Phi) is 4.19. The fraction of sp³-hybridized carbons (Fsp3) is 0.500. The third-order valence-electron chi connectivity index (χ3n) is 3.76. The largest absolute Gasteiger partial charge is 0.417 e. The SMILES string of the molecule is N#Cc1cc(NC2CCCC2CN)ccc1C(F)(F)F. The van der Waals surface area contributed by atoms with Crippen molar-refractivity contribution in [1.82, 2.24) is 0 Å². The van der Waals surface area contributed by atoms with E-state index in [1.165, 1.54) is 12.1 Å². The van der Waals surface area contributed by atoms with Crippen molar-refractivity contribution in [3.05, 3.63) is 29.3 Å². The number of nitrogens with two attached hydrogens (primary N) is 1. The van der Waals surface area contributed by atoms with Gasteiger partial charge in [-0.05, 0) is 43.5 Å². The van der Waals surface area contributed by atoms with Crippen molar-refractivity contribution in [3.8, 4) is 6.07 Å². The van der Waals surface area contributed by atoms with E-state index in [1.807, 2.05) is 0 Å². The van der Waals surface area contributed by atoms with Gasteiger partial charge in [0.15, 0.2) is 0 Å². The highest BCUT2D eigenvalue weighted by molar-refractivity contribution is 5.54. The summed E-state index contributed by atoms with van der Waals surface area (Å²) in [6.07, 6.45) is -1.47. The Morgan fingerprint density at radius 3 is 2.70 bits per heavy atom. The molecule has 0 bridgehead atoms. The number of hydrogen-bond donors (Lipinski definition) is 2. The fourth-order valence-electron chi connectivity index (χ4n) is 2.70. The average molecular weight is 283 g/mol. The molecule has 0 aromatic heterocycles. The molecule has 6 heteroatoms. The molecule has 1 aliphatic rings. The number of nitrogens with zero attached hydrogens (tertiary/aromatic N) is 1. The summed E-state index contributed by atoms with van der Waals surface area (Å²) in [6.45, 7) is 0.559. The summed E-state index contributed by atoms with van der Waals surface area (Å²) >= 11 is 0. The zero-order chi connectivity index (χ0) is 14.8. The lowest BCUT2D eigenvalue weighted by Gasteiger charge is -2.21. The third kappa shape index (κ3) is 3.05. The lowest BCUT2D eigenvalue weighted by molar-refractivity contribution is -0.137. The highest BCUT2D eigenvalue weighted by Gasteiger charge is 2.34. The summed E-state index contributed by atoms with van der Waals surface area (Å²) in [5, 5.41) is 12.1. The highest BCUT2D eigenvalue weighted by atomic mass is 19.4. The van der Waals surface area contributed by atoms with Gasteiger partial charge in [-0.2, -0.15) is 18.4 Å². The van der Waals surface area contributed by atoms with Gasteiger partial charge >= 0.3 is 6.18 Å². The first-order valence-corrected chi connectivity index (χ1v) is 6.53. The van der Waals surface area contributed by atoms with Crippen LogP contribution in [0.5, 0.6) is 0 Å². The first-order valence-electron chi connectivity index (χ1n) is 6.53. The predicted molar refractivity (Wildman–Crippen MR) is 70.0 cm³/mol. The van der Waals surface area contributed by atoms with Crippen LogP contribution in [0.1, 0.15) is 30.4 Å². The van der Waals surface area contributed by atoms with Gasteiger partial charge in [0.1, 0.15) is 0 Å². The molecular weight excluding hydrogens is 267 g/mol. The van der Waals surface area contributed by atoms with Crippen LogP contribution in [-0.4, -0.2) is 12.6 Å². The molecule has 1 fully saturated rings. The Morgan fingerprint density at radius 1 is 1.35 bits per heavy atom. The van der Waals surface area contributed by atoms with E-state index in [4.69, 9.17) is 11.0 Å². The van der Waals surface area contributed by atoms with Crippen LogP contribution in [0.15, 0.2) is 18.2 Å². The number of nitriles is 1. The lowest BCUT2D eigenvalue weighted by Crippen LogP contribution is -2.29. The molecule has 1 aliphatic carbocycles.